The lowest BCUT2D eigenvalue weighted by atomic mass is 10.1. The van der Waals surface area contributed by atoms with Crippen LogP contribution in [0.2, 0.25) is 0 Å². The standard InChI is InChI=1S/C14H19N5O6.C14H19N5O5.CH3Cl.CH2I2.CH4O/c1-5(2)11(23)17-14-16-10-7(12(24)18-14)15-4-19(10)13-9(22)8(21)6(3-20)25-13;1-5(2)11(22)17-14-16-10-7(12(23)18-14)15-4-19(10)13-9(21)8(20)6(3)24-13;1-2;2-1-3;1-2/h4-6,8-9,13,20-22H,3H2,1-2H3,(H2,16,17,18,23,24);4-6,8-9,13,20-21H,1-3H3,(H2,16,17,18,22,23);1H3;1H2;2H,1H3/i;3D;1TD;;2T. The molecule has 4 aromatic heterocycles. The number of hydrogen-bond acceptors (Lipinski definition) is 16. The molecule has 6 heterocycles. The van der Waals surface area contributed by atoms with Gasteiger partial charge in [-0.3, -0.25) is 48.9 Å². The van der Waals surface area contributed by atoms with Crippen LogP contribution < -0.4 is 21.8 Å². The Kier molecular flexibility index (Phi) is 17.4. The summed E-state index contributed by atoms with van der Waals surface area (Å²) in [6, 6.07) is 0. The Bertz CT molecular complexity index is 1950. The number of ether oxygens (including phenoxy) is 2. The van der Waals surface area contributed by atoms with Crippen molar-refractivity contribution in [1.29, 1.82) is 1.43 Å². The Balaban J connectivity index is 0.000000339. The van der Waals surface area contributed by atoms with Crippen molar-refractivity contribution in [2.75, 3.05) is 33.1 Å². The van der Waals surface area contributed by atoms with Crippen LogP contribution in [0.1, 0.15) is 51.2 Å². The van der Waals surface area contributed by atoms with E-state index in [1.807, 2.05) is 0 Å². The maximum Gasteiger partial charge on any atom is 0.280 e. The summed E-state index contributed by atoms with van der Waals surface area (Å²) in [5, 5.41) is 57.7. The van der Waals surface area contributed by atoms with Crippen molar-refractivity contribution in [1.82, 2.24) is 39.0 Å². The van der Waals surface area contributed by atoms with Crippen LogP contribution in [0.25, 0.3) is 22.3 Å². The number of aromatic nitrogens is 8. The first-order valence-corrected chi connectivity index (χ1v) is 19.8. The highest BCUT2D eigenvalue weighted by molar-refractivity contribution is 14.2. The molecule has 2 amide bonds. The van der Waals surface area contributed by atoms with Gasteiger partial charge in [0.1, 0.15) is 30.5 Å². The summed E-state index contributed by atoms with van der Waals surface area (Å²) >= 11 is 9.16. The van der Waals surface area contributed by atoms with Crippen LogP contribution in [0, 0.1) is 11.8 Å². The molecular weight excluding hydrogens is 994 g/mol. The quantitative estimate of drug-likeness (QED) is 0.0858. The summed E-state index contributed by atoms with van der Waals surface area (Å²) in [7, 11) is 1.29. The van der Waals surface area contributed by atoms with E-state index in [0.717, 1.165) is 0 Å². The van der Waals surface area contributed by atoms with Gasteiger partial charge >= 0.3 is 0 Å². The van der Waals surface area contributed by atoms with Crippen molar-refractivity contribution >= 4 is 103 Å². The van der Waals surface area contributed by atoms with Gasteiger partial charge in [0.15, 0.2) is 34.8 Å². The number of anilines is 2. The Hall–Kier alpha value is -2.93. The second kappa shape index (κ2) is 22.9. The van der Waals surface area contributed by atoms with Crippen molar-refractivity contribution in [3.63, 3.8) is 0 Å². The normalized spacial score (nSPS) is 25.5. The highest BCUT2D eigenvalue weighted by atomic mass is 127. The van der Waals surface area contributed by atoms with E-state index in [4.69, 9.17) is 15.0 Å². The van der Waals surface area contributed by atoms with Crippen LogP contribution in [0.5, 0.6) is 0 Å². The molecule has 2 aliphatic heterocycles. The van der Waals surface area contributed by atoms with Crippen molar-refractivity contribution in [2.45, 2.75) is 83.7 Å². The predicted molar refractivity (Wildman–Crippen MR) is 221 cm³/mol. The van der Waals surface area contributed by atoms with Gasteiger partial charge in [-0.2, -0.15) is 9.97 Å². The Morgan fingerprint density at radius 1 is 0.911 bits per heavy atom. The van der Waals surface area contributed by atoms with Crippen LogP contribution in [0.15, 0.2) is 22.2 Å². The number of H-pyrrole nitrogens is 2. The molecule has 4 aromatic rings. The van der Waals surface area contributed by atoms with Gasteiger partial charge in [-0.15, -0.1) is 11.6 Å². The highest BCUT2D eigenvalue weighted by Crippen LogP contribution is 2.32. The number of amides is 2. The lowest BCUT2D eigenvalue weighted by molar-refractivity contribution is -0.119. The average molecular weight is 1050 g/mol. The fourth-order valence-corrected chi connectivity index (χ4v) is 4.93. The van der Waals surface area contributed by atoms with Crippen LogP contribution in [-0.4, -0.2) is 142 Å². The van der Waals surface area contributed by atoms with E-state index in [-0.39, 0.29) is 64.8 Å². The lowest BCUT2D eigenvalue weighted by Crippen LogP contribution is -2.33. The number of nitrogens with zero attached hydrogens (tertiary/aromatic N) is 6. The number of rotatable bonds is 7. The first kappa shape index (κ1) is 42.7. The van der Waals surface area contributed by atoms with Gasteiger partial charge in [-0.25, -0.2) is 9.97 Å². The first-order valence-electron chi connectivity index (χ1n) is 18.6. The number of carbonyl (C=O) groups excluding carboxylic acids is 2. The molecule has 0 spiro atoms. The third-order valence-corrected chi connectivity index (χ3v) is 7.80. The second-order valence-corrected chi connectivity index (χ2v) is 16.6. The summed E-state index contributed by atoms with van der Waals surface area (Å²) in [6.07, 6.45) is -7.84. The van der Waals surface area contributed by atoms with Crippen LogP contribution in [-0.2, 0) is 19.1 Å². The molecule has 0 saturated carbocycles. The zero-order valence-electron chi connectivity index (χ0n) is 34.5. The molecule has 0 aromatic carbocycles. The molecule has 2 aliphatic rings. The third kappa shape index (κ3) is 11.6. The molecule has 10 N–H and O–H groups in total. The van der Waals surface area contributed by atoms with Gasteiger partial charge in [0.05, 0.1) is 27.8 Å². The monoisotopic (exact) mass is 1050 g/mol. The Morgan fingerprint density at radius 3 is 1.64 bits per heavy atom. The zero-order chi connectivity index (χ0) is 45.6. The van der Waals surface area contributed by atoms with Gasteiger partial charge in [0.2, 0.25) is 25.1 Å². The summed E-state index contributed by atoms with van der Waals surface area (Å²) < 4.78 is 39.8. The molecule has 22 nitrogen and oxygen atoms in total. The number of nitrogens with one attached hydrogen (secondary N) is 4. The molecule has 0 aliphatic carbocycles. The van der Waals surface area contributed by atoms with Crippen molar-refractivity contribution in [3.8, 4) is 0 Å². The molecule has 9 atom stereocenters. The number of fused-ring (bicyclic) bond motifs is 2. The number of aliphatic hydroxyl groups excluding tert-OH is 6. The molecule has 6 rings (SSSR count). The summed E-state index contributed by atoms with van der Waals surface area (Å²) in [5.41, 5.74) is -0.993. The Morgan fingerprint density at radius 2 is 1.30 bits per heavy atom. The van der Waals surface area contributed by atoms with Crippen LogP contribution in [0.3, 0.4) is 0 Å². The first-order chi connectivity index (χ1) is 28.2. The number of aromatic amines is 2. The fraction of sp³-hybridized carbons (Fsp3) is 0.613. The molecule has 0 radical (unpaired) electrons. The predicted octanol–water partition coefficient (Wildman–Crippen LogP) is -0.0438. The van der Waals surface area contributed by atoms with E-state index in [1.54, 1.807) is 27.7 Å². The number of halogens is 3. The zero-order valence-corrected chi connectivity index (χ0v) is 35.6. The van der Waals surface area contributed by atoms with Crippen LogP contribution >= 0.6 is 56.8 Å². The van der Waals surface area contributed by atoms with Crippen molar-refractivity contribution < 1.29 is 53.8 Å². The third-order valence-electron chi connectivity index (χ3n) is 7.80. The van der Waals surface area contributed by atoms with E-state index < -0.39 is 73.1 Å². The van der Waals surface area contributed by atoms with Crippen LogP contribution in [0.4, 0.5) is 11.9 Å². The van der Waals surface area contributed by atoms with Gasteiger partial charge in [-0.1, -0.05) is 72.9 Å². The molecule has 56 heavy (non-hydrogen) atoms. The van der Waals surface area contributed by atoms with Crippen molar-refractivity contribution in [2.24, 2.45) is 11.8 Å². The summed E-state index contributed by atoms with van der Waals surface area (Å²) in [5.74, 6) is -1.39. The van der Waals surface area contributed by atoms with Crippen molar-refractivity contribution in [3.05, 3.63) is 33.4 Å². The molecule has 314 valence electrons. The number of imidazole rings is 2. The van der Waals surface area contributed by atoms with E-state index in [2.05, 4.69) is 102 Å². The maximum atomic E-state index is 12.1. The lowest BCUT2D eigenvalue weighted by Gasteiger charge is -2.16. The molecule has 2 fully saturated rings. The highest BCUT2D eigenvalue weighted by Gasteiger charge is 2.44. The molecular formula is C31H47ClI2N10O12. The van der Waals surface area contributed by atoms with Gasteiger partial charge < -0.3 is 40.1 Å². The van der Waals surface area contributed by atoms with Gasteiger partial charge in [0.25, 0.3) is 11.1 Å². The molecule has 9 unspecified atom stereocenters. The van der Waals surface area contributed by atoms with Gasteiger partial charge in [-0.05, 0) is 6.90 Å². The number of hydrogen-bond donors (Lipinski definition) is 10. The minimum absolute atomic E-state index is 0.00200. The van der Waals surface area contributed by atoms with E-state index >= 15 is 0 Å². The SMILES string of the molecule is CC(C)C(=O)Nc1nc2c(ncn2C2OC(CO)C(O)C2O)c(=O)[nH]1.ICI.[2H]C([3H])Cl.[2H]CC1OC(n2cnc3c(=O)[nH]c(NC(=O)C(C)C)nc32)C(O)C1O.[3H]OC. The summed E-state index contributed by atoms with van der Waals surface area (Å²) in [6.45, 7) is 6.06. The van der Waals surface area contributed by atoms with E-state index in [1.165, 1.54) is 31.3 Å². The van der Waals surface area contributed by atoms with Gasteiger partial charge in [0, 0.05) is 29.4 Å². The smallest absolute Gasteiger partial charge is 0.280 e. The maximum absolute atomic E-state index is 12.1. The fourth-order valence-electron chi connectivity index (χ4n) is 4.93. The number of aliphatic hydroxyl groups is 6. The number of carbonyl (C=O) groups is 2. The largest absolute Gasteiger partial charge is 0.400 e. The Labute approximate surface area is 357 Å². The number of alkyl halides is 3. The topological polar surface area (TPSA) is 325 Å². The minimum atomic E-state index is -1.34. The van der Waals surface area contributed by atoms with E-state index in [0.29, 0.717) is 0 Å². The molecule has 0 bridgehead atoms. The minimum Gasteiger partial charge on any atom is -0.400 e. The van der Waals surface area contributed by atoms with E-state index in [9.17, 15) is 44.7 Å². The average Bonchev–Trinajstić information content (AvgIpc) is 3.93. The second-order valence-electron chi connectivity index (χ2n) is 12.1. The molecule has 25 heteroatoms. The summed E-state index contributed by atoms with van der Waals surface area (Å²) in [4.78, 5) is 68.9. The molecule has 2 saturated heterocycles.